The standard InChI is InChI=1S/C17H14/c1-3-7-15-12(5-1)9-10-14-11-13-6-2-4-8-16(13)17(14)15/h1-8H,9-11H2. The summed E-state index contributed by atoms with van der Waals surface area (Å²) in [5.41, 5.74) is 9.14. The van der Waals surface area contributed by atoms with Crippen LogP contribution < -0.4 is 0 Å². The zero-order valence-corrected chi connectivity index (χ0v) is 9.74. The zero-order valence-electron chi connectivity index (χ0n) is 9.74. The van der Waals surface area contributed by atoms with Crippen molar-refractivity contribution in [2.24, 2.45) is 0 Å². The van der Waals surface area contributed by atoms with Gasteiger partial charge in [-0.3, -0.25) is 0 Å². The third-order valence-electron chi connectivity index (χ3n) is 4.03. The van der Waals surface area contributed by atoms with E-state index < -0.39 is 0 Å². The van der Waals surface area contributed by atoms with Crippen molar-refractivity contribution in [3.8, 4) is 0 Å². The van der Waals surface area contributed by atoms with Crippen LogP contribution in [0.3, 0.4) is 0 Å². The predicted octanol–water partition coefficient (Wildman–Crippen LogP) is 3.99. The summed E-state index contributed by atoms with van der Waals surface area (Å²) < 4.78 is 0. The summed E-state index contributed by atoms with van der Waals surface area (Å²) in [7, 11) is 0. The molecule has 0 heteroatoms. The highest BCUT2D eigenvalue weighted by molar-refractivity contribution is 5.89. The Bertz CT molecular complexity index is 632. The van der Waals surface area contributed by atoms with Gasteiger partial charge in [0.2, 0.25) is 0 Å². The van der Waals surface area contributed by atoms with Crippen molar-refractivity contribution in [3.63, 3.8) is 0 Å². The van der Waals surface area contributed by atoms with Crippen LogP contribution in [0, 0.1) is 0 Å². The minimum absolute atomic E-state index is 1.17. The number of hydrogen-bond acceptors (Lipinski definition) is 0. The lowest BCUT2D eigenvalue weighted by atomic mass is 9.85. The van der Waals surface area contributed by atoms with Crippen LogP contribution >= 0.6 is 0 Å². The minimum atomic E-state index is 1.17. The monoisotopic (exact) mass is 218 g/mol. The van der Waals surface area contributed by atoms with Crippen molar-refractivity contribution >= 4 is 5.57 Å². The highest BCUT2D eigenvalue weighted by Crippen LogP contribution is 2.43. The second-order valence-electron chi connectivity index (χ2n) is 4.97. The van der Waals surface area contributed by atoms with Crippen LogP contribution in [0.1, 0.15) is 28.7 Å². The third-order valence-corrected chi connectivity index (χ3v) is 4.03. The molecule has 0 amide bonds. The third kappa shape index (κ3) is 1.24. The molecule has 0 heterocycles. The first-order valence-electron chi connectivity index (χ1n) is 6.32. The Morgan fingerprint density at radius 3 is 2.12 bits per heavy atom. The van der Waals surface area contributed by atoms with Crippen molar-refractivity contribution < 1.29 is 0 Å². The highest BCUT2D eigenvalue weighted by atomic mass is 14.3. The molecule has 82 valence electrons. The van der Waals surface area contributed by atoms with Gasteiger partial charge in [0, 0.05) is 0 Å². The van der Waals surface area contributed by atoms with Crippen LogP contribution in [0.25, 0.3) is 5.57 Å². The summed E-state index contributed by atoms with van der Waals surface area (Å²) in [5.74, 6) is 0. The molecule has 2 aromatic carbocycles. The Balaban J connectivity index is 2.00. The van der Waals surface area contributed by atoms with Crippen LogP contribution in [-0.4, -0.2) is 0 Å². The fraction of sp³-hybridized carbons (Fsp3) is 0.176. The average Bonchev–Trinajstić information content (AvgIpc) is 2.77. The first-order valence-corrected chi connectivity index (χ1v) is 6.32. The molecular weight excluding hydrogens is 204 g/mol. The quantitative estimate of drug-likeness (QED) is 0.627. The van der Waals surface area contributed by atoms with E-state index >= 15 is 0 Å². The predicted molar refractivity (Wildman–Crippen MR) is 70.9 cm³/mol. The molecule has 0 aliphatic heterocycles. The van der Waals surface area contributed by atoms with Gasteiger partial charge in [-0.05, 0) is 47.1 Å². The van der Waals surface area contributed by atoms with E-state index in [1.807, 2.05) is 0 Å². The average molecular weight is 218 g/mol. The Labute approximate surface area is 102 Å². The van der Waals surface area contributed by atoms with Crippen molar-refractivity contribution in [2.75, 3.05) is 0 Å². The van der Waals surface area contributed by atoms with Gasteiger partial charge in [0.15, 0.2) is 0 Å². The number of hydrogen-bond donors (Lipinski definition) is 0. The Morgan fingerprint density at radius 2 is 1.29 bits per heavy atom. The topological polar surface area (TPSA) is 0 Å². The SMILES string of the molecule is c1ccc2c(c1)CCC1=C2c2ccccc2C1. The fourth-order valence-corrected chi connectivity index (χ4v) is 3.24. The molecule has 0 N–H and O–H groups in total. The van der Waals surface area contributed by atoms with Gasteiger partial charge in [-0.1, -0.05) is 54.1 Å². The highest BCUT2D eigenvalue weighted by Gasteiger charge is 2.26. The van der Waals surface area contributed by atoms with Crippen LogP contribution in [0.15, 0.2) is 54.1 Å². The van der Waals surface area contributed by atoms with Gasteiger partial charge >= 0.3 is 0 Å². The second kappa shape index (κ2) is 3.33. The van der Waals surface area contributed by atoms with E-state index in [1.54, 1.807) is 5.57 Å². The summed E-state index contributed by atoms with van der Waals surface area (Å²) in [6.45, 7) is 0. The van der Waals surface area contributed by atoms with Gasteiger partial charge in [0.1, 0.15) is 0 Å². The van der Waals surface area contributed by atoms with Gasteiger partial charge in [-0.25, -0.2) is 0 Å². The van der Waals surface area contributed by atoms with Crippen LogP contribution in [-0.2, 0) is 12.8 Å². The molecule has 0 saturated carbocycles. The van der Waals surface area contributed by atoms with Gasteiger partial charge < -0.3 is 0 Å². The van der Waals surface area contributed by atoms with E-state index in [2.05, 4.69) is 48.5 Å². The van der Waals surface area contributed by atoms with Gasteiger partial charge in [0.25, 0.3) is 0 Å². The van der Waals surface area contributed by atoms with E-state index in [-0.39, 0.29) is 0 Å². The van der Waals surface area contributed by atoms with Gasteiger partial charge in [-0.2, -0.15) is 0 Å². The van der Waals surface area contributed by atoms with E-state index in [0.29, 0.717) is 0 Å². The molecule has 17 heavy (non-hydrogen) atoms. The molecule has 0 bridgehead atoms. The maximum Gasteiger partial charge on any atom is -0.00514 e. The largest absolute Gasteiger partial charge is 0.0620 e. The summed E-state index contributed by atoms with van der Waals surface area (Å²) in [6, 6.07) is 17.7. The molecule has 0 radical (unpaired) electrons. The van der Waals surface area contributed by atoms with Gasteiger partial charge in [0.05, 0.1) is 0 Å². The molecule has 2 aliphatic rings. The maximum atomic E-state index is 2.28. The van der Waals surface area contributed by atoms with Crippen molar-refractivity contribution in [1.82, 2.24) is 0 Å². The number of allylic oxidation sites excluding steroid dienone is 1. The van der Waals surface area contributed by atoms with Crippen molar-refractivity contribution in [1.29, 1.82) is 0 Å². The van der Waals surface area contributed by atoms with Crippen LogP contribution in [0.4, 0.5) is 0 Å². The lowest BCUT2D eigenvalue weighted by Gasteiger charge is -2.19. The summed E-state index contributed by atoms with van der Waals surface area (Å²) in [4.78, 5) is 0. The van der Waals surface area contributed by atoms with Crippen LogP contribution in [0.2, 0.25) is 0 Å². The second-order valence-corrected chi connectivity index (χ2v) is 4.97. The number of aryl methyl sites for hydroxylation is 1. The molecule has 2 aromatic rings. The Kier molecular flexibility index (Phi) is 1.81. The summed E-state index contributed by atoms with van der Waals surface area (Å²) in [6.07, 6.45) is 3.61. The Morgan fingerprint density at radius 1 is 0.647 bits per heavy atom. The molecule has 0 fully saturated rings. The lowest BCUT2D eigenvalue weighted by molar-refractivity contribution is 0.896. The molecule has 0 unspecified atom stereocenters. The van der Waals surface area contributed by atoms with Crippen molar-refractivity contribution in [3.05, 3.63) is 76.4 Å². The molecule has 0 atom stereocenters. The first-order chi connectivity index (χ1) is 8.43. The maximum absolute atomic E-state index is 2.28. The number of rotatable bonds is 0. The lowest BCUT2D eigenvalue weighted by Crippen LogP contribution is -2.02. The molecule has 0 nitrogen and oxygen atoms in total. The number of fused-ring (bicyclic) bond motifs is 4. The van der Waals surface area contributed by atoms with E-state index in [9.17, 15) is 0 Å². The molecule has 0 aromatic heterocycles. The normalized spacial score (nSPS) is 16.5. The molecular formula is C17H14. The molecule has 2 aliphatic carbocycles. The zero-order chi connectivity index (χ0) is 11.2. The van der Waals surface area contributed by atoms with Gasteiger partial charge in [-0.15, -0.1) is 0 Å². The molecule has 0 saturated heterocycles. The first kappa shape index (κ1) is 9.23. The fourth-order valence-electron chi connectivity index (χ4n) is 3.24. The molecule has 0 spiro atoms. The summed E-state index contributed by atoms with van der Waals surface area (Å²) >= 11 is 0. The van der Waals surface area contributed by atoms with Crippen molar-refractivity contribution in [2.45, 2.75) is 19.3 Å². The Hall–Kier alpha value is -1.82. The molecule has 4 rings (SSSR count). The number of benzene rings is 2. The van der Waals surface area contributed by atoms with E-state index in [1.165, 1.54) is 47.1 Å². The summed E-state index contributed by atoms with van der Waals surface area (Å²) in [5, 5.41) is 0. The minimum Gasteiger partial charge on any atom is -0.0620 e. The van der Waals surface area contributed by atoms with E-state index in [0.717, 1.165) is 0 Å². The van der Waals surface area contributed by atoms with Crippen LogP contribution in [0.5, 0.6) is 0 Å². The smallest absolute Gasteiger partial charge is 0.00514 e. The van der Waals surface area contributed by atoms with E-state index in [4.69, 9.17) is 0 Å².